The zero-order valence-corrected chi connectivity index (χ0v) is 10.9. The molecular weight excluding hydrogens is 242 g/mol. The zero-order valence-electron chi connectivity index (χ0n) is 10.9. The number of carbonyl (C=O) groups excluding carboxylic acids is 1. The first kappa shape index (κ1) is 13.6. The molecule has 0 aromatic heterocycles. The summed E-state index contributed by atoms with van der Waals surface area (Å²) < 4.78 is 5.51. The summed E-state index contributed by atoms with van der Waals surface area (Å²) in [5, 5.41) is 11.6. The van der Waals surface area contributed by atoms with Gasteiger partial charge in [0.05, 0.1) is 5.69 Å². The fourth-order valence-corrected chi connectivity index (χ4v) is 2.05. The lowest BCUT2D eigenvalue weighted by atomic mass is 10.0. The summed E-state index contributed by atoms with van der Waals surface area (Å²) in [4.78, 5) is 12.2. The smallest absolute Gasteiger partial charge is 0.256 e. The molecule has 1 aromatic carbocycles. The van der Waals surface area contributed by atoms with Crippen molar-refractivity contribution < 1.29 is 14.6 Å². The Hall–Kier alpha value is -1.83. The summed E-state index contributed by atoms with van der Waals surface area (Å²) >= 11 is 0. The van der Waals surface area contributed by atoms with E-state index in [9.17, 15) is 4.79 Å². The van der Waals surface area contributed by atoms with Crippen molar-refractivity contribution in [1.82, 2.24) is 0 Å². The minimum Gasteiger partial charge on any atom is -0.384 e. The number of ether oxygens (including phenoxy) is 1. The van der Waals surface area contributed by atoms with Gasteiger partial charge >= 0.3 is 0 Å². The van der Waals surface area contributed by atoms with E-state index < -0.39 is 5.60 Å². The number of hydrogen-bond donors (Lipinski definition) is 2. The van der Waals surface area contributed by atoms with Crippen molar-refractivity contribution in [2.75, 3.05) is 18.5 Å². The summed E-state index contributed by atoms with van der Waals surface area (Å²) in [5.74, 6) is 5.25. The average Bonchev–Trinajstić information content (AvgIpc) is 2.86. The molecule has 1 aromatic rings. The van der Waals surface area contributed by atoms with E-state index >= 15 is 0 Å². The van der Waals surface area contributed by atoms with Crippen molar-refractivity contribution in [1.29, 1.82) is 0 Å². The van der Waals surface area contributed by atoms with Gasteiger partial charge in [-0.05, 0) is 31.9 Å². The summed E-state index contributed by atoms with van der Waals surface area (Å²) in [7, 11) is 0. The largest absolute Gasteiger partial charge is 0.384 e. The Labute approximate surface area is 112 Å². The van der Waals surface area contributed by atoms with Crippen molar-refractivity contribution in [3.8, 4) is 11.8 Å². The Morgan fingerprint density at radius 3 is 3.00 bits per heavy atom. The molecule has 19 heavy (non-hydrogen) atoms. The summed E-state index contributed by atoms with van der Waals surface area (Å²) in [5.41, 5.74) is 0.578. The number of anilines is 1. The topological polar surface area (TPSA) is 58.6 Å². The molecule has 0 spiro atoms. The second-order valence-corrected chi connectivity index (χ2v) is 4.64. The number of rotatable bonds is 2. The van der Waals surface area contributed by atoms with Gasteiger partial charge in [-0.25, -0.2) is 0 Å². The number of carbonyl (C=O) groups is 1. The van der Waals surface area contributed by atoms with Crippen LogP contribution >= 0.6 is 0 Å². The minimum atomic E-state index is -0.752. The molecule has 1 heterocycles. The first-order valence-electron chi connectivity index (χ1n) is 6.30. The fraction of sp³-hybridized carbons (Fsp3) is 0.400. The van der Waals surface area contributed by atoms with Crippen molar-refractivity contribution in [3.63, 3.8) is 0 Å². The predicted octanol–water partition coefficient (Wildman–Crippen LogP) is 1.54. The van der Waals surface area contributed by atoms with Gasteiger partial charge in [-0.15, -0.1) is 0 Å². The molecule has 1 saturated heterocycles. The van der Waals surface area contributed by atoms with Gasteiger partial charge in [0.2, 0.25) is 0 Å². The van der Waals surface area contributed by atoms with Gasteiger partial charge in [0, 0.05) is 12.2 Å². The minimum absolute atomic E-state index is 0.150. The van der Waals surface area contributed by atoms with Crippen LogP contribution < -0.4 is 5.32 Å². The normalized spacial score (nSPS) is 21.6. The number of nitrogens with one attached hydrogen (secondary N) is 1. The lowest BCUT2D eigenvalue weighted by Gasteiger charge is -2.22. The molecule has 0 aliphatic carbocycles. The van der Waals surface area contributed by atoms with E-state index in [0.717, 1.165) is 12.8 Å². The standard InChI is InChI=1S/C15H17NO3/c1-15(9-5-11-19-15)14(18)16-13-8-3-2-6-12(13)7-4-10-17/h2-3,6,8,17H,5,9-11H2,1H3,(H,16,18). The second-order valence-electron chi connectivity index (χ2n) is 4.64. The summed E-state index contributed by atoms with van der Waals surface area (Å²) in [6.07, 6.45) is 1.62. The lowest BCUT2D eigenvalue weighted by Crippen LogP contribution is -2.39. The summed E-state index contributed by atoms with van der Waals surface area (Å²) in [6, 6.07) is 7.26. The molecule has 1 unspecified atom stereocenters. The Bertz CT molecular complexity index is 522. The Morgan fingerprint density at radius 1 is 1.53 bits per heavy atom. The second kappa shape index (κ2) is 5.87. The molecule has 4 nitrogen and oxygen atoms in total. The quantitative estimate of drug-likeness (QED) is 0.792. The Kier molecular flexibility index (Phi) is 4.20. The van der Waals surface area contributed by atoms with E-state index in [1.165, 1.54) is 0 Å². The molecule has 2 rings (SSSR count). The first-order valence-corrected chi connectivity index (χ1v) is 6.30. The van der Waals surface area contributed by atoms with Crippen LogP contribution in [0.3, 0.4) is 0 Å². The van der Waals surface area contributed by atoms with Crippen molar-refractivity contribution in [2.24, 2.45) is 0 Å². The van der Waals surface area contributed by atoms with Crippen LogP contribution in [-0.2, 0) is 9.53 Å². The Morgan fingerprint density at radius 2 is 2.32 bits per heavy atom. The number of para-hydroxylation sites is 1. The maximum Gasteiger partial charge on any atom is 0.256 e. The zero-order chi connectivity index (χ0) is 13.7. The number of hydrogen-bond acceptors (Lipinski definition) is 3. The van der Waals surface area contributed by atoms with E-state index in [-0.39, 0.29) is 12.5 Å². The average molecular weight is 259 g/mol. The van der Waals surface area contributed by atoms with Gasteiger partial charge in [0.15, 0.2) is 0 Å². The SMILES string of the molecule is CC1(C(=O)Nc2ccccc2C#CCO)CCCO1. The number of aliphatic hydroxyl groups excluding tert-OH is 1. The fourth-order valence-electron chi connectivity index (χ4n) is 2.05. The number of amides is 1. The third-order valence-corrected chi connectivity index (χ3v) is 3.18. The third-order valence-electron chi connectivity index (χ3n) is 3.18. The highest BCUT2D eigenvalue weighted by atomic mass is 16.5. The highest BCUT2D eigenvalue weighted by Gasteiger charge is 2.37. The summed E-state index contributed by atoms with van der Waals surface area (Å²) in [6.45, 7) is 2.22. The van der Waals surface area contributed by atoms with Gasteiger partial charge in [-0.2, -0.15) is 0 Å². The number of aliphatic hydroxyl groups is 1. The van der Waals surface area contributed by atoms with E-state index in [1.54, 1.807) is 19.1 Å². The third kappa shape index (κ3) is 3.14. The Balaban J connectivity index is 2.17. The van der Waals surface area contributed by atoms with Crippen LogP contribution in [0.15, 0.2) is 24.3 Å². The van der Waals surface area contributed by atoms with Crippen LogP contribution in [0.1, 0.15) is 25.3 Å². The van der Waals surface area contributed by atoms with Gasteiger partial charge in [-0.1, -0.05) is 24.0 Å². The van der Waals surface area contributed by atoms with Crippen LogP contribution in [0, 0.1) is 11.8 Å². The first-order chi connectivity index (χ1) is 9.15. The molecule has 4 heteroatoms. The molecule has 1 aliphatic rings. The van der Waals surface area contributed by atoms with Crippen LogP contribution in [0.5, 0.6) is 0 Å². The molecule has 2 N–H and O–H groups in total. The van der Waals surface area contributed by atoms with Crippen LogP contribution in [0.4, 0.5) is 5.69 Å². The molecule has 0 saturated carbocycles. The molecule has 100 valence electrons. The van der Waals surface area contributed by atoms with E-state index in [0.29, 0.717) is 17.9 Å². The van der Waals surface area contributed by atoms with Crippen molar-refractivity contribution in [2.45, 2.75) is 25.4 Å². The van der Waals surface area contributed by atoms with Crippen LogP contribution in [0.2, 0.25) is 0 Å². The molecule has 0 radical (unpaired) electrons. The van der Waals surface area contributed by atoms with Crippen LogP contribution in [-0.4, -0.2) is 29.8 Å². The molecule has 1 atom stereocenters. The van der Waals surface area contributed by atoms with E-state index in [1.807, 2.05) is 12.1 Å². The van der Waals surface area contributed by atoms with Crippen molar-refractivity contribution in [3.05, 3.63) is 29.8 Å². The van der Waals surface area contributed by atoms with E-state index in [4.69, 9.17) is 9.84 Å². The maximum absolute atomic E-state index is 12.2. The predicted molar refractivity (Wildman–Crippen MR) is 72.6 cm³/mol. The van der Waals surface area contributed by atoms with E-state index in [2.05, 4.69) is 17.2 Å². The molecule has 1 aliphatic heterocycles. The molecule has 1 amide bonds. The monoisotopic (exact) mass is 259 g/mol. The van der Waals surface area contributed by atoms with Gasteiger partial charge in [-0.3, -0.25) is 4.79 Å². The highest BCUT2D eigenvalue weighted by Crippen LogP contribution is 2.27. The van der Waals surface area contributed by atoms with Gasteiger partial charge < -0.3 is 15.2 Å². The highest BCUT2D eigenvalue weighted by molar-refractivity contribution is 5.98. The lowest BCUT2D eigenvalue weighted by molar-refractivity contribution is -0.133. The molecule has 0 bridgehead atoms. The van der Waals surface area contributed by atoms with Gasteiger partial charge in [0.1, 0.15) is 12.2 Å². The molecular formula is C15H17NO3. The van der Waals surface area contributed by atoms with Crippen LogP contribution in [0.25, 0.3) is 0 Å². The van der Waals surface area contributed by atoms with Crippen molar-refractivity contribution >= 4 is 11.6 Å². The maximum atomic E-state index is 12.2. The number of benzene rings is 1. The molecule has 1 fully saturated rings. The van der Waals surface area contributed by atoms with Gasteiger partial charge in [0.25, 0.3) is 5.91 Å².